The minimum absolute atomic E-state index is 0.0828. The second-order valence-electron chi connectivity index (χ2n) is 5.83. The summed E-state index contributed by atoms with van der Waals surface area (Å²) >= 11 is 0. The molecule has 0 fully saturated rings. The molecule has 1 unspecified atom stereocenters. The van der Waals surface area contributed by atoms with E-state index >= 15 is 0 Å². The topological polar surface area (TPSA) is 122 Å². The monoisotopic (exact) mass is 381 g/mol. The number of amides is 1. The van der Waals surface area contributed by atoms with Gasteiger partial charge in [0.2, 0.25) is 21.7 Å². The molecule has 0 spiro atoms. The van der Waals surface area contributed by atoms with Crippen LogP contribution in [0.3, 0.4) is 0 Å². The summed E-state index contributed by atoms with van der Waals surface area (Å²) in [6, 6.07) is 5.75. The maximum Gasteiger partial charge on any atom is 0.355 e. The van der Waals surface area contributed by atoms with Crippen LogP contribution in [0.25, 0.3) is 0 Å². The number of hydrogen-bond donors (Lipinski definition) is 1. The first kappa shape index (κ1) is 19.6. The molecule has 0 bridgehead atoms. The van der Waals surface area contributed by atoms with Gasteiger partial charge in [0.15, 0.2) is 6.10 Å². The van der Waals surface area contributed by atoms with Gasteiger partial charge in [-0.2, -0.15) is 5.10 Å². The Balaban J connectivity index is 2.02. The van der Waals surface area contributed by atoms with Crippen LogP contribution in [-0.4, -0.2) is 56.2 Å². The molecular weight excluding hydrogens is 362 g/mol. The number of ketones is 1. The first-order chi connectivity index (χ1) is 12.1. The summed E-state index contributed by atoms with van der Waals surface area (Å²) in [6.07, 6.45) is 0.282. The van der Waals surface area contributed by atoms with E-state index in [1.54, 1.807) is 0 Å². The highest BCUT2D eigenvalue weighted by Gasteiger charge is 2.26. The van der Waals surface area contributed by atoms with E-state index in [0.29, 0.717) is 5.69 Å². The summed E-state index contributed by atoms with van der Waals surface area (Å²) in [6.45, 7) is 1.43. The number of sulfonamides is 1. The summed E-state index contributed by atoms with van der Waals surface area (Å²) in [5.41, 5.74) is 0.666. The van der Waals surface area contributed by atoms with Crippen LogP contribution in [-0.2, 0) is 24.3 Å². The standard InChI is InChI=1S/C16H19N3O6S/c1-10(25-16(22)13-8-9-14(20)19(2)17-13)15(21)11-4-6-12(7-5-11)18-26(3,23)24/h4-7,10,18H,8-9H2,1-3H3. The summed E-state index contributed by atoms with van der Waals surface area (Å²) in [5, 5.41) is 4.91. The van der Waals surface area contributed by atoms with Crippen molar-refractivity contribution in [3.05, 3.63) is 29.8 Å². The number of anilines is 1. The largest absolute Gasteiger partial charge is 0.450 e. The van der Waals surface area contributed by atoms with Gasteiger partial charge >= 0.3 is 5.97 Å². The van der Waals surface area contributed by atoms with Gasteiger partial charge < -0.3 is 4.74 Å². The molecule has 26 heavy (non-hydrogen) atoms. The van der Waals surface area contributed by atoms with Crippen molar-refractivity contribution in [1.29, 1.82) is 0 Å². The molecule has 1 atom stereocenters. The Morgan fingerprint density at radius 1 is 1.23 bits per heavy atom. The Morgan fingerprint density at radius 3 is 2.38 bits per heavy atom. The zero-order chi connectivity index (χ0) is 19.5. The molecule has 1 heterocycles. The number of carbonyl (C=O) groups excluding carboxylic acids is 3. The van der Waals surface area contributed by atoms with Crippen LogP contribution in [0.2, 0.25) is 0 Å². The van der Waals surface area contributed by atoms with Crippen LogP contribution >= 0.6 is 0 Å². The molecule has 9 nitrogen and oxygen atoms in total. The van der Waals surface area contributed by atoms with Crippen LogP contribution in [0.5, 0.6) is 0 Å². The quantitative estimate of drug-likeness (QED) is 0.574. The number of Topliss-reactive ketones (excluding diaryl/α,β-unsaturated/α-hetero) is 1. The third kappa shape index (κ3) is 5.12. The molecule has 0 radical (unpaired) electrons. The molecule has 1 aliphatic heterocycles. The summed E-state index contributed by atoms with van der Waals surface area (Å²) in [4.78, 5) is 35.8. The lowest BCUT2D eigenvalue weighted by atomic mass is 10.1. The molecule has 0 aromatic heterocycles. The first-order valence-corrected chi connectivity index (χ1v) is 9.63. The van der Waals surface area contributed by atoms with E-state index < -0.39 is 27.9 Å². The van der Waals surface area contributed by atoms with E-state index in [0.717, 1.165) is 11.3 Å². The number of rotatable bonds is 6. The Kier molecular flexibility index (Phi) is 5.76. The maximum absolute atomic E-state index is 12.4. The van der Waals surface area contributed by atoms with Gasteiger partial charge in [0.05, 0.1) is 6.26 Å². The molecule has 0 saturated heterocycles. The summed E-state index contributed by atoms with van der Waals surface area (Å²) in [5.74, 6) is -1.39. The number of hydrazone groups is 1. The normalized spacial score (nSPS) is 15.9. The van der Waals surface area contributed by atoms with Crippen molar-refractivity contribution in [2.75, 3.05) is 18.0 Å². The van der Waals surface area contributed by atoms with Gasteiger partial charge in [-0.05, 0) is 31.2 Å². The third-order valence-corrected chi connectivity index (χ3v) is 4.18. The third-order valence-electron chi connectivity index (χ3n) is 3.57. The average Bonchev–Trinajstić information content (AvgIpc) is 2.55. The van der Waals surface area contributed by atoms with Gasteiger partial charge in [-0.3, -0.25) is 14.3 Å². The van der Waals surface area contributed by atoms with Crippen molar-refractivity contribution < 1.29 is 27.5 Å². The number of carbonyl (C=O) groups is 3. The molecule has 1 N–H and O–H groups in total. The van der Waals surface area contributed by atoms with E-state index in [9.17, 15) is 22.8 Å². The fourth-order valence-electron chi connectivity index (χ4n) is 2.25. The zero-order valence-corrected chi connectivity index (χ0v) is 15.4. The van der Waals surface area contributed by atoms with Gasteiger partial charge in [-0.25, -0.2) is 18.2 Å². The predicted molar refractivity (Wildman–Crippen MR) is 94.2 cm³/mol. The Morgan fingerprint density at radius 2 is 1.85 bits per heavy atom. The van der Waals surface area contributed by atoms with Crippen LogP contribution in [0.4, 0.5) is 5.69 Å². The number of esters is 1. The Bertz CT molecular complexity index is 860. The molecule has 0 aliphatic carbocycles. The van der Waals surface area contributed by atoms with Gasteiger partial charge in [0, 0.05) is 31.1 Å². The van der Waals surface area contributed by atoms with Crippen LogP contribution in [0, 0.1) is 0 Å². The molecule has 140 valence electrons. The van der Waals surface area contributed by atoms with E-state index in [2.05, 4.69) is 9.82 Å². The van der Waals surface area contributed by atoms with Crippen LogP contribution in [0.15, 0.2) is 29.4 Å². The lowest BCUT2D eigenvalue weighted by Gasteiger charge is -2.19. The SMILES string of the molecule is CC(OC(=O)C1=NN(C)C(=O)CC1)C(=O)c1ccc(NS(C)(=O)=O)cc1. The summed E-state index contributed by atoms with van der Waals surface area (Å²) < 4.78 is 29.8. The fraction of sp³-hybridized carbons (Fsp3) is 0.375. The van der Waals surface area contributed by atoms with E-state index in [1.165, 1.54) is 38.2 Å². The average molecular weight is 381 g/mol. The molecular formula is C16H19N3O6S. The molecule has 2 rings (SSSR count). The van der Waals surface area contributed by atoms with Crippen molar-refractivity contribution in [3.8, 4) is 0 Å². The van der Waals surface area contributed by atoms with E-state index in [4.69, 9.17) is 4.74 Å². The molecule has 1 aromatic carbocycles. The minimum atomic E-state index is -3.41. The number of nitrogens with one attached hydrogen (secondary N) is 1. The van der Waals surface area contributed by atoms with Crippen LogP contribution in [0.1, 0.15) is 30.1 Å². The molecule has 1 amide bonds. The second-order valence-corrected chi connectivity index (χ2v) is 7.58. The Hall–Kier alpha value is -2.75. The van der Waals surface area contributed by atoms with Crippen molar-refractivity contribution in [2.24, 2.45) is 5.10 Å². The lowest BCUT2D eigenvalue weighted by Crippen LogP contribution is -2.34. The molecule has 1 aromatic rings. The highest BCUT2D eigenvalue weighted by molar-refractivity contribution is 7.92. The van der Waals surface area contributed by atoms with Crippen molar-refractivity contribution in [3.63, 3.8) is 0 Å². The predicted octanol–water partition coefficient (Wildman–Crippen LogP) is 0.781. The smallest absolute Gasteiger partial charge is 0.355 e. The highest BCUT2D eigenvalue weighted by atomic mass is 32.2. The van der Waals surface area contributed by atoms with Crippen LogP contribution < -0.4 is 4.72 Å². The number of hydrogen-bond acceptors (Lipinski definition) is 7. The molecule has 1 aliphatic rings. The maximum atomic E-state index is 12.4. The van der Waals surface area contributed by atoms with Crippen molar-refractivity contribution >= 4 is 39.1 Å². The van der Waals surface area contributed by atoms with Crippen molar-refractivity contribution in [1.82, 2.24) is 5.01 Å². The number of benzene rings is 1. The number of nitrogens with zero attached hydrogens (tertiary/aromatic N) is 2. The molecule has 0 saturated carbocycles. The summed E-state index contributed by atoms with van der Waals surface area (Å²) in [7, 11) is -1.97. The molecule has 10 heteroatoms. The van der Waals surface area contributed by atoms with Gasteiger partial charge in [0.1, 0.15) is 5.71 Å². The van der Waals surface area contributed by atoms with Gasteiger partial charge in [-0.15, -0.1) is 0 Å². The lowest BCUT2D eigenvalue weighted by molar-refractivity contribution is -0.138. The van der Waals surface area contributed by atoms with E-state index in [1.807, 2.05) is 0 Å². The van der Waals surface area contributed by atoms with E-state index in [-0.39, 0.29) is 30.0 Å². The fourth-order valence-corrected chi connectivity index (χ4v) is 2.81. The minimum Gasteiger partial charge on any atom is -0.450 e. The van der Waals surface area contributed by atoms with Gasteiger partial charge in [0.25, 0.3) is 0 Å². The second kappa shape index (κ2) is 7.65. The number of ether oxygens (including phenoxy) is 1. The Labute approximate surface area is 151 Å². The highest BCUT2D eigenvalue weighted by Crippen LogP contribution is 2.14. The van der Waals surface area contributed by atoms with Crippen molar-refractivity contribution in [2.45, 2.75) is 25.9 Å². The van der Waals surface area contributed by atoms with Gasteiger partial charge in [-0.1, -0.05) is 0 Å². The first-order valence-electron chi connectivity index (χ1n) is 7.74. The zero-order valence-electron chi connectivity index (χ0n) is 14.6.